The summed E-state index contributed by atoms with van der Waals surface area (Å²) in [6, 6.07) is 3.40. The van der Waals surface area contributed by atoms with Crippen molar-refractivity contribution in [1.82, 2.24) is 14.6 Å². The fourth-order valence-electron chi connectivity index (χ4n) is 2.22. The van der Waals surface area contributed by atoms with Gasteiger partial charge in [0.25, 0.3) is 0 Å². The topological polar surface area (TPSA) is 76.7 Å². The van der Waals surface area contributed by atoms with E-state index in [0.717, 1.165) is 31.7 Å². The van der Waals surface area contributed by atoms with Crippen LogP contribution in [0.25, 0.3) is 5.65 Å². The zero-order valence-corrected chi connectivity index (χ0v) is 9.74. The van der Waals surface area contributed by atoms with Crippen molar-refractivity contribution in [3.8, 4) is 0 Å². The predicted molar refractivity (Wildman–Crippen MR) is 62.7 cm³/mol. The number of aromatic nitrogens is 3. The Morgan fingerprint density at radius 1 is 1.44 bits per heavy atom. The fraction of sp³-hybridized carbons (Fsp3) is 0.417. The summed E-state index contributed by atoms with van der Waals surface area (Å²) in [5.41, 5.74) is 1.59. The van der Waals surface area contributed by atoms with Crippen molar-refractivity contribution in [3.05, 3.63) is 29.7 Å². The molecule has 0 bridgehead atoms. The van der Waals surface area contributed by atoms with Gasteiger partial charge in [-0.25, -0.2) is 14.3 Å². The van der Waals surface area contributed by atoms with Gasteiger partial charge in [-0.05, 0) is 18.9 Å². The van der Waals surface area contributed by atoms with Gasteiger partial charge in [-0.15, -0.1) is 0 Å². The summed E-state index contributed by atoms with van der Waals surface area (Å²) in [6.45, 7) is 1.52. The number of aromatic carboxylic acids is 1. The van der Waals surface area contributed by atoms with E-state index in [-0.39, 0.29) is 5.69 Å². The van der Waals surface area contributed by atoms with E-state index < -0.39 is 5.97 Å². The molecule has 3 rings (SSSR count). The van der Waals surface area contributed by atoms with Crippen molar-refractivity contribution in [2.24, 2.45) is 0 Å². The molecule has 0 unspecified atom stereocenters. The molecule has 2 aromatic rings. The van der Waals surface area contributed by atoms with Gasteiger partial charge in [0, 0.05) is 37.1 Å². The number of hydrogen-bond acceptors (Lipinski definition) is 4. The Morgan fingerprint density at radius 2 is 2.22 bits per heavy atom. The third-order valence-electron chi connectivity index (χ3n) is 3.20. The van der Waals surface area contributed by atoms with Crippen molar-refractivity contribution in [1.29, 1.82) is 0 Å². The quantitative estimate of drug-likeness (QED) is 0.866. The lowest BCUT2D eigenvalue weighted by atomic mass is 9.96. The van der Waals surface area contributed by atoms with Crippen molar-refractivity contribution >= 4 is 11.6 Å². The molecule has 0 spiro atoms. The van der Waals surface area contributed by atoms with Crippen molar-refractivity contribution in [3.63, 3.8) is 0 Å². The van der Waals surface area contributed by atoms with Gasteiger partial charge >= 0.3 is 5.97 Å². The molecule has 1 aliphatic heterocycles. The van der Waals surface area contributed by atoms with Gasteiger partial charge in [0.05, 0.1) is 0 Å². The fourth-order valence-corrected chi connectivity index (χ4v) is 2.22. The van der Waals surface area contributed by atoms with E-state index in [9.17, 15) is 4.79 Å². The molecule has 0 aromatic carbocycles. The average Bonchev–Trinajstić information content (AvgIpc) is 2.82. The second-order valence-electron chi connectivity index (χ2n) is 4.38. The highest BCUT2D eigenvalue weighted by molar-refractivity contribution is 5.86. The maximum Gasteiger partial charge on any atom is 0.356 e. The Balaban J connectivity index is 1.96. The van der Waals surface area contributed by atoms with Crippen LogP contribution in [0.1, 0.15) is 34.9 Å². The molecule has 18 heavy (non-hydrogen) atoms. The van der Waals surface area contributed by atoms with Gasteiger partial charge < -0.3 is 9.84 Å². The van der Waals surface area contributed by atoms with E-state index >= 15 is 0 Å². The van der Waals surface area contributed by atoms with Gasteiger partial charge in [0.1, 0.15) is 0 Å². The third kappa shape index (κ3) is 1.95. The number of hydrogen-bond donors (Lipinski definition) is 1. The lowest BCUT2D eigenvalue weighted by Gasteiger charge is -2.21. The number of carboxylic acids is 1. The van der Waals surface area contributed by atoms with E-state index in [1.165, 1.54) is 10.6 Å². The maximum atomic E-state index is 10.8. The molecule has 0 saturated carbocycles. The second kappa shape index (κ2) is 4.38. The SMILES string of the molecule is O=C(O)c1cc2nc(C3CCOCC3)ccn2n1. The van der Waals surface area contributed by atoms with E-state index in [0.29, 0.717) is 11.6 Å². The van der Waals surface area contributed by atoms with Crippen molar-refractivity contribution < 1.29 is 14.6 Å². The van der Waals surface area contributed by atoms with Gasteiger partial charge in [-0.1, -0.05) is 0 Å². The van der Waals surface area contributed by atoms with Gasteiger partial charge in [0.15, 0.2) is 11.3 Å². The zero-order valence-electron chi connectivity index (χ0n) is 9.74. The van der Waals surface area contributed by atoms with Crippen molar-refractivity contribution in [2.45, 2.75) is 18.8 Å². The molecular formula is C12H13N3O3. The first-order valence-corrected chi connectivity index (χ1v) is 5.91. The summed E-state index contributed by atoms with van der Waals surface area (Å²) in [4.78, 5) is 15.3. The van der Waals surface area contributed by atoms with Crippen LogP contribution in [-0.4, -0.2) is 38.9 Å². The highest BCUT2D eigenvalue weighted by Crippen LogP contribution is 2.25. The van der Waals surface area contributed by atoms with Crippen LogP contribution in [0.15, 0.2) is 18.3 Å². The lowest BCUT2D eigenvalue weighted by molar-refractivity contribution is 0.0690. The number of ether oxygens (including phenoxy) is 1. The maximum absolute atomic E-state index is 10.8. The Morgan fingerprint density at radius 3 is 2.94 bits per heavy atom. The molecule has 6 nitrogen and oxygen atoms in total. The summed E-state index contributed by atoms with van der Waals surface area (Å²) in [7, 11) is 0. The van der Waals surface area contributed by atoms with Crippen LogP contribution in [0.3, 0.4) is 0 Å². The minimum Gasteiger partial charge on any atom is -0.476 e. The minimum absolute atomic E-state index is 0.0200. The molecule has 0 radical (unpaired) electrons. The van der Waals surface area contributed by atoms with Crippen LogP contribution in [-0.2, 0) is 4.74 Å². The van der Waals surface area contributed by atoms with Crippen LogP contribution in [0.4, 0.5) is 0 Å². The van der Waals surface area contributed by atoms with Crippen molar-refractivity contribution in [2.75, 3.05) is 13.2 Å². The monoisotopic (exact) mass is 247 g/mol. The highest BCUT2D eigenvalue weighted by Gasteiger charge is 2.18. The molecule has 1 aliphatic rings. The predicted octanol–water partition coefficient (Wildman–Crippen LogP) is 1.32. The van der Waals surface area contributed by atoms with Gasteiger partial charge in [-0.3, -0.25) is 0 Å². The molecule has 6 heteroatoms. The lowest BCUT2D eigenvalue weighted by Crippen LogP contribution is -2.15. The van der Waals surface area contributed by atoms with Crippen LogP contribution in [0.5, 0.6) is 0 Å². The van der Waals surface area contributed by atoms with Gasteiger partial charge in [-0.2, -0.15) is 5.10 Å². The molecule has 0 amide bonds. The smallest absolute Gasteiger partial charge is 0.356 e. The second-order valence-corrected chi connectivity index (χ2v) is 4.38. The number of nitrogens with zero attached hydrogens (tertiary/aromatic N) is 3. The molecule has 3 heterocycles. The number of fused-ring (bicyclic) bond motifs is 1. The summed E-state index contributed by atoms with van der Waals surface area (Å²) >= 11 is 0. The van der Waals surface area contributed by atoms with Crippen LogP contribution >= 0.6 is 0 Å². The average molecular weight is 247 g/mol. The summed E-state index contributed by atoms with van der Waals surface area (Å²) in [5.74, 6) is -0.639. The Bertz CT molecular complexity index is 587. The minimum atomic E-state index is -1.03. The molecule has 1 fully saturated rings. The summed E-state index contributed by atoms with van der Waals surface area (Å²) in [5, 5.41) is 12.8. The Hall–Kier alpha value is -1.95. The first-order valence-electron chi connectivity index (χ1n) is 5.91. The van der Waals surface area contributed by atoms with Crippen LogP contribution in [0.2, 0.25) is 0 Å². The molecule has 0 aliphatic carbocycles. The Kier molecular flexibility index (Phi) is 2.71. The first kappa shape index (κ1) is 11.2. The number of carbonyl (C=O) groups is 1. The molecular weight excluding hydrogens is 234 g/mol. The van der Waals surface area contributed by atoms with Gasteiger partial charge in [0.2, 0.25) is 0 Å². The normalized spacial score (nSPS) is 17.1. The molecule has 1 saturated heterocycles. The van der Waals surface area contributed by atoms with E-state index in [4.69, 9.17) is 9.84 Å². The summed E-state index contributed by atoms with van der Waals surface area (Å²) < 4.78 is 6.81. The molecule has 1 N–H and O–H groups in total. The molecule has 2 aromatic heterocycles. The number of rotatable bonds is 2. The Labute approximate surface area is 103 Å². The zero-order chi connectivity index (χ0) is 12.5. The highest BCUT2D eigenvalue weighted by atomic mass is 16.5. The van der Waals surface area contributed by atoms with E-state index in [2.05, 4.69) is 10.1 Å². The van der Waals surface area contributed by atoms with Crippen LogP contribution < -0.4 is 0 Å². The summed E-state index contributed by atoms with van der Waals surface area (Å²) in [6.07, 6.45) is 3.69. The van der Waals surface area contributed by atoms with E-state index in [1.54, 1.807) is 6.20 Å². The third-order valence-corrected chi connectivity index (χ3v) is 3.20. The first-order chi connectivity index (χ1) is 8.74. The molecule has 0 atom stereocenters. The van der Waals surface area contributed by atoms with Crippen LogP contribution in [0, 0.1) is 0 Å². The molecule has 94 valence electrons. The standard InChI is InChI=1S/C12H13N3O3/c16-12(17)10-7-11-13-9(1-4-15(11)14-10)8-2-5-18-6-3-8/h1,4,7-8H,2-3,5-6H2,(H,16,17). The number of carboxylic acid groups (broad SMARTS) is 1. The largest absolute Gasteiger partial charge is 0.476 e. The van der Waals surface area contributed by atoms with E-state index in [1.807, 2.05) is 6.07 Å².